The molecule has 0 bridgehead atoms. The average molecular weight is 337 g/mol. The summed E-state index contributed by atoms with van der Waals surface area (Å²) in [6, 6.07) is 2.74. The third kappa shape index (κ3) is 3.95. The molecule has 1 aliphatic carbocycles. The Kier molecular flexibility index (Phi) is 5.34. The highest BCUT2D eigenvalue weighted by Crippen LogP contribution is 2.32. The van der Waals surface area contributed by atoms with Crippen molar-refractivity contribution >= 4 is 38.9 Å². The summed E-state index contributed by atoms with van der Waals surface area (Å²) in [5.41, 5.74) is 0. The second kappa shape index (κ2) is 6.55. The van der Waals surface area contributed by atoms with Crippen molar-refractivity contribution < 1.29 is 0 Å². The van der Waals surface area contributed by atoms with Gasteiger partial charge in [-0.3, -0.25) is 0 Å². The van der Waals surface area contributed by atoms with Gasteiger partial charge < -0.3 is 5.32 Å². The van der Waals surface area contributed by atoms with Crippen LogP contribution >= 0.6 is 38.9 Å². The molecule has 1 heterocycles. The second-order valence-electron chi connectivity index (χ2n) is 4.90. The Morgan fingerprint density at radius 3 is 2.76 bits per heavy atom. The average Bonchev–Trinajstić information content (AvgIpc) is 2.67. The Bertz CT molecular complexity index is 341. The predicted octanol–water partition coefficient (Wildman–Crippen LogP) is 5.22. The van der Waals surface area contributed by atoms with E-state index in [4.69, 9.17) is 11.6 Å². The molecule has 1 aromatic heterocycles. The summed E-state index contributed by atoms with van der Waals surface area (Å²) in [4.78, 5) is 1.31. The van der Waals surface area contributed by atoms with E-state index in [1.807, 2.05) is 0 Å². The zero-order valence-electron chi connectivity index (χ0n) is 10.1. The van der Waals surface area contributed by atoms with Gasteiger partial charge in [0.1, 0.15) is 4.34 Å². The Morgan fingerprint density at radius 2 is 2.18 bits per heavy atom. The van der Waals surface area contributed by atoms with Crippen molar-refractivity contribution in [2.45, 2.75) is 51.6 Å². The van der Waals surface area contributed by atoms with Gasteiger partial charge in [0.15, 0.2) is 0 Å². The largest absolute Gasteiger partial charge is 0.309 e. The van der Waals surface area contributed by atoms with Gasteiger partial charge in [0.2, 0.25) is 0 Å². The molecule has 1 nitrogen and oxygen atoms in total. The summed E-state index contributed by atoms with van der Waals surface area (Å²) in [5, 5.41) is 3.64. The number of thiophene rings is 1. The van der Waals surface area contributed by atoms with Gasteiger partial charge in [0.05, 0.1) is 0 Å². The van der Waals surface area contributed by atoms with Gasteiger partial charge in [-0.2, -0.15) is 0 Å². The summed E-state index contributed by atoms with van der Waals surface area (Å²) in [7, 11) is 0. The van der Waals surface area contributed by atoms with Gasteiger partial charge in [0.25, 0.3) is 0 Å². The molecule has 0 spiro atoms. The first kappa shape index (κ1) is 13.9. The summed E-state index contributed by atoms with van der Waals surface area (Å²) in [6.45, 7) is 3.26. The quantitative estimate of drug-likeness (QED) is 0.794. The monoisotopic (exact) mass is 335 g/mol. The summed E-state index contributed by atoms with van der Waals surface area (Å²) in [6.07, 6.45) is 7.03. The molecule has 96 valence electrons. The lowest BCUT2D eigenvalue weighted by atomic mass is 9.84. The van der Waals surface area contributed by atoms with E-state index < -0.39 is 0 Å². The maximum absolute atomic E-state index is 6.04. The number of hydrogen-bond acceptors (Lipinski definition) is 2. The van der Waals surface area contributed by atoms with Crippen LogP contribution in [0.3, 0.4) is 0 Å². The number of nitrogens with one attached hydrogen (secondary N) is 1. The third-order valence-electron chi connectivity index (χ3n) is 3.65. The van der Waals surface area contributed by atoms with Crippen LogP contribution in [0.25, 0.3) is 0 Å². The molecule has 1 atom stereocenters. The minimum absolute atomic E-state index is 0.620. The second-order valence-corrected chi connectivity index (χ2v) is 7.50. The van der Waals surface area contributed by atoms with E-state index in [0.717, 1.165) is 21.3 Å². The van der Waals surface area contributed by atoms with Crippen molar-refractivity contribution in [2.24, 2.45) is 5.92 Å². The summed E-state index contributed by atoms with van der Waals surface area (Å²) in [5.74, 6) is 0.864. The van der Waals surface area contributed by atoms with Crippen molar-refractivity contribution in [2.75, 3.05) is 0 Å². The van der Waals surface area contributed by atoms with Crippen LogP contribution in [0.15, 0.2) is 10.5 Å². The molecule has 1 saturated carbocycles. The fourth-order valence-electron chi connectivity index (χ4n) is 2.54. The predicted molar refractivity (Wildman–Crippen MR) is 79.9 cm³/mol. The molecule has 1 N–H and O–H groups in total. The minimum Gasteiger partial charge on any atom is -0.309 e. The SMILES string of the molecule is C[C@H](NCc1cc(Br)c(Cl)s1)C1CCCCC1. The van der Waals surface area contributed by atoms with E-state index in [9.17, 15) is 0 Å². The Morgan fingerprint density at radius 1 is 1.47 bits per heavy atom. The van der Waals surface area contributed by atoms with E-state index in [0.29, 0.717) is 6.04 Å². The fourth-order valence-corrected chi connectivity index (χ4v) is 4.28. The molecule has 0 aromatic carbocycles. The molecule has 1 aromatic rings. The lowest BCUT2D eigenvalue weighted by Gasteiger charge is -2.28. The van der Waals surface area contributed by atoms with E-state index in [-0.39, 0.29) is 0 Å². The molecule has 0 saturated heterocycles. The molecular weight excluding hydrogens is 318 g/mol. The normalized spacial score (nSPS) is 19.5. The standard InChI is InChI=1S/C13H19BrClNS/c1-9(10-5-3-2-4-6-10)16-8-11-7-12(14)13(15)17-11/h7,9-10,16H,2-6,8H2,1H3/t9-/m0/s1. The van der Waals surface area contributed by atoms with Crippen molar-refractivity contribution in [1.82, 2.24) is 5.32 Å². The van der Waals surface area contributed by atoms with Crippen molar-refractivity contribution in [1.29, 1.82) is 0 Å². The van der Waals surface area contributed by atoms with Crippen molar-refractivity contribution in [3.63, 3.8) is 0 Å². The Balaban J connectivity index is 1.80. The Hall–Kier alpha value is 0.430. The molecule has 2 rings (SSSR count). The number of hydrogen-bond donors (Lipinski definition) is 1. The van der Waals surface area contributed by atoms with E-state index in [1.165, 1.54) is 37.0 Å². The molecule has 0 amide bonds. The molecule has 4 heteroatoms. The van der Waals surface area contributed by atoms with Gasteiger partial charge in [-0.25, -0.2) is 0 Å². The van der Waals surface area contributed by atoms with E-state index in [1.54, 1.807) is 11.3 Å². The van der Waals surface area contributed by atoms with Gasteiger partial charge >= 0.3 is 0 Å². The number of halogens is 2. The topological polar surface area (TPSA) is 12.0 Å². The highest BCUT2D eigenvalue weighted by molar-refractivity contribution is 9.10. The van der Waals surface area contributed by atoms with Crippen LogP contribution in [0.4, 0.5) is 0 Å². The van der Waals surface area contributed by atoms with Crippen LogP contribution in [0.2, 0.25) is 4.34 Å². The molecule has 0 radical (unpaired) electrons. The fraction of sp³-hybridized carbons (Fsp3) is 0.692. The zero-order chi connectivity index (χ0) is 12.3. The highest BCUT2D eigenvalue weighted by Gasteiger charge is 2.19. The van der Waals surface area contributed by atoms with Crippen LogP contribution in [0.5, 0.6) is 0 Å². The molecule has 17 heavy (non-hydrogen) atoms. The summed E-state index contributed by atoms with van der Waals surface area (Å²) < 4.78 is 1.87. The number of rotatable bonds is 4. The Labute approximate surface area is 121 Å². The minimum atomic E-state index is 0.620. The van der Waals surface area contributed by atoms with E-state index >= 15 is 0 Å². The van der Waals surface area contributed by atoms with Crippen LogP contribution in [-0.4, -0.2) is 6.04 Å². The van der Waals surface area contributed by atoms with Crippen molar-refractivity contribution in [3.05, 3.63) is 19.8 Å². The molecule has 1 fully saturated rings. The lowest BCUT2D eigenvalue weighted by molar-refractivity contribution is 0.281. The van der Waals surface area contributed by atoms with Crippen LogP contribution < -0.4 is 5.32 Å². The molecule has 0 unspecified atom stereocenters. The van der Waals surface area contributed by atoms with Gasteiger partial charge in [-0.05, 0) is 47.7 Å². The maximum Gasteiger partial charge on any atom is 0.107 e. The first-order valence-corrected chi connectivity index (χ1v) is 8.32. The smallest absolute Gasteiger partial charge is 0.107 e. The highest BCUT2D eigenvalue weighted by atomic mass is 79.9. The lowest BCUT2D eigenvalue weighted by Crippen LogP contribution is -2.33. The molecular formula is C13H19BrClNS. The first-order chi connectivity index (χ1) is 8.16. The van der Waals surface area contributed by atoms with Crippen molar-refractivity contribution in [3.8, 4) is 0 Å². The van der Waals surface area contributed by atoms with Crippen LogP contribution in [0.1, 0.15) is 43.9 Å². The molecule has 0 aliphatic heterocycles. The van der Waals surface area contributed by atoms with Gasteiger partial charge in [-0.15, -0.1) is 11.3 Å². The van der Waals surface area contributed by atoms with Gasteiger partial charge in [0, 0.05) is 21.9 Å². The van der Waals surface area contributed by atoms with E-state index in [2.05, 4.69) is 34.2 Å². The zero-order valence-corrected chi connectivity index (χ0v) is 13.3. The maximum atomic E-state index is 6.04. The van der Waals surface area contributed by atoms with Crippen LogP contribution in [-0.2, 0) is 6.54 Å². The third-order valence-corrected chi connectivity index (χ3v) is 6.13. The molecule has 1 aliphatic rings. The summed E-state index contributed by atoms with van der Waals surface area (Å²) >= 11 is 11.1. The van der Waals surface area contributed by atoms with Crippen LogP contribution in [0, 0.1) is 5.92 Å². The van der Waals surface area contributed by atoms with Gasteiger partial charge in [-0.1, -0.05) is 30.9 Å². The first-order valence-electron chi connectivity index (χ1n) is 6.34.